The SMILES string of the molecule is Cc1nc(CNC(=O)c2ccn(C(C)C)n2)sc1C(=O)O. The van der Waals surface area contributed by atoms with Crippen molar-refractivity contribution in [2.24, 2.45) is 0 Å². The molecule has 21 heavy (non-hydrogen) atoms. The molecular weight excluding hydrogens is 292 g/mol. The molecule has 0 unspecified atom stereocenters. The Morgan fingerprint density at radius 3 is 2.71 bits per heavy atom. The quantitative estimate of drug-likeness (QED) is 0.878. The molecule has 0 radical (unpaired) electrons. The van der Waals surface area contributed by atoms with Crippen LogP contribution >= 0.6 is 11.3 Å². The zero-order chi connectivity index (χ0) is 15.6. The van der Waals surface area contributed by atoms with E-state index in [2.05, 4.69) is 15.4 Å². The van der Waals surface area contributed by atoms with Gasteiger partial charge in [-0.05, 0) is 26.8 Å². The number of aryl methyl sites for hydroxylation is 1. The smallest absolute Gasteiger partial charge is 0.347 e. The van der Waals surface area contributed by atoms with Crippen LogP contribution in [0.1, 0.15) is 50.8 Å². The summed E-state index contributed by atoms with van der Waals surface area (Å²) in [4.78, 5) is 27.2. The van der Waals surface area contributed by atoms with Gasteiger partial charge in [0, 0.05) is 12.2 Å². The van der Waals surface area contributed by atoms with Gasteiger partial charge in [-0.1, -0.05) is 0 Å². The maximum Gasteiger partial charge on any atom is 0.347 e. The number of aromatic nitrogens is 3. The summed E-state index contributed by atoms with van der Waals surface area (Å²) in [5, 5.41) is 16.4. The van der Waals surface area contributed by atoms with Crippen LogP contribution in [-0.4, -0.2) is 31.7 Å². The Labute approximate surface area is 125 Å². The molecule has 2 rings (SSSR count). The van der Waals surface area contributed by atoms with E-state index in [0.717, 1.165) is 11.3 Å². The second kappa shape index (κ2) is 6.04. The van der Waals surface area contributed by atoms with Gasteiger partial charge < -0.3 is 10.4 Å². The third-order valence-electron chi connectivity index (χ3n) is 2.81. The summed E-state index contributed by atoms with van der Waals surface area (Å²) in [5.41, 5.74) is 0.788. The largest absolute Gasteiger partial charge is 0.477 e. The maximum atomic E-state index is 12.0. The van der Waals surface area contributed by atoms with Gasteiger partial charge in [-0.25, -0.2) is 9.78 Å². The molecule has 0 saturated carbocycles. The fourth-order valence-corrected chi connectivity index (χ4v) is 2.56. The molecule has 0 atom stereocenters. The van der Waals surface area contributed by atoms with Crippen molar-refractivity contribution in [3.05, 3.63) is 33.5 Å². The molecule has 112 valence electrons. The molecule has 0 saturated heterocycles. The highest BCUT2D eigenvalue weighted by Gasteiger charge is 2.15. The van der Waals surface area contributed by atoms with E-state index in [9.17, 15) is 9.59 Å². The van der Waals surface area contributed by atoms with Crippen LogP contribution in [0.4, 0.5) is 0 Å². The molecule has 0 spiro atoms. The first-order valence-corrected chi connectivity index (χ1v) is 7.23. The van der Waals surface area contributed by atoms with E-state index in [-0.39, 0.29) is 23.4 Å². The van der Waals surface area contributed by atoms with Gasteiger partial charge >= 0.3 is 5.97 Å². The fraction of sp³-hybridized carbons (Fsp3) is 0.385. The summed E-state index contributed by atoms with van der Waals surface area (Å²) >= 11 is 1.06. The molecule has 2 aromatic rings. The summed E-state index contributed by atoms with van der Waals surface area (Å²) in [5.74, 6) is -1.31. The summed E-state index contributed by atoms with van der Waals surface area (Å²) in [6.07, 6.45) is 1.75. The minimum Gasteiger partial charge on any atom is -0.477 e. The van der Waals surface area contributed by atoms with Crippen molar-refractivity contribution >= 4 is 23.2 Å². The molecule has 0 aliphatic heterocycles. The highest BCUT2D eigenvalue weighted by molar-refractivity contribution is 7.13. The molecule has 1 amide bonds. The van der Waals surface area contributed by atoms with Crippen LogP contribution in [-0.2, 0) is 6.54 Å². The zero-order valence-corrected chi connectivity index (χ0v) is 12.8. The number of nitrogens with zero attached hydrogens (tertiary/aromatic N) is 3. The molecule has 0 aliphatic carbocycles. The lowest BCUT2D eigenvalue weighted by Crippen LogP contribution is -2.23. The van der Waals surface area contributed by atoms with Crippen molar-refractivity contribution in [3.8, 4) is 0 Å². The van der Waals surface area contributed by atoms with E-state index in [1.54, 1.807) is 23.9 Å². The van der Waals surface area contributed by atoms with Gasteiger partial charge in [0.05, 0.1) is 12.2 Å². The van der Waals surface area contributed by atoms with Crippen LogP contribution in [0.15, 0.2) is 12.3 Å². The zero-order valence-electron chi connectivity index (χ0n) is 12.0. The van der Waals surface area contributed by atoms with Gasteiger partial charge in [0.15, 0.2) is 0 Å². The second-order valence-electron chi connectivity index (χ2n) is 4.78. The Balaban J connectivity index is 2.00. The minimum absolute atomic E-state index is 0.186. The monoisotopic (exact) mass is 308 g/mol. The molecular formula is C13H16N4O3S. The van der Waals surface area contributed by atoms with E-state index < -0.39 is 5.97 Å². The molecule has 8 heteroatoms. The number of carbonyl (C=O) groups excluding carboxylic acids is 1. The van der Waals surface area contributed by atoms with Gasteiger partial charge in [0.1, 0.15) is 15.6 Å². The van der Waals surface area contributed by atoms with Crippen molar-refractivity contribution in [2.75, 3.05) is 0 Å². The van der Waals surface area contributed by atoms with Crippen molar-refractivity contribution in [2.45, 2.75) is 33.4 Å². The van der Waals surface area contributed by atoms with E-state index >= 15 is 0 Å². The number of carbonyl (C=O) groups is 2. The Bertz CT molecular complexity index is 675. The Hall–Kier alpha value is -2.22. The summed E-state index contributed by atoms with van der Waals surface area (Å²) in [6.45, 7) is 5.77. The summed E-state index contributed by atoms with van der Waals surface area (Å²) in [7, 11) is 0. The number of aromatic carboxylic acids is 1. The Morgan fingerprint density at radius 2 is 2.19 bits per heavy atom. The number of carboxylic acids is 1. The van der Waals surface area contributed by atoms with Crippen LogP contribution in [0, 0.1) is 6.92 Å². The highest BCUT2D eigenvalue weighted by atomic mass is 32.1. The summed E-state index contributed by atoms with van der Waals surface area (Å²) in [6, 6.07) is 1.83. The van der Waals surface area contributed by atoms with Gasteiger partial charge in [0.2, 0.25) is 0 Å². The van der Waals surface area contributed by atoms with E-state index in [0.29, 0.717) is 16.4 Å². The maximum absolute atomic E-state index is 12.0. The first kappa shape index (κ1) is 15.2. The lowest BCUT2D eigenvalue weighted by atomic mass is 10.4. The average molecular weight is 308 g/mol. The number of hydrogen-bond acceptors (Lipinski definition) is 5. The molecule has 2 aromatic heterocycles. The lowest BCUT2D eigenvalue weighted by molar-refractivity contribution is 0.0701. The van der Waals surface area contributed by atoms with Crippen molar-refractivity contribution in [1.82, 2.24) is 20.1 Å². The van der Waals surface area contributed by atoms with E-state index in [4.69, 9.17) is 5.11 Å². The minimum atomic E-state index is -1.00. The van der Waals surface area contributed by atoms with E-state index in [1.807, 2.05) is 13.8 Å². The third-order valence-corrected chi connectivity index (χ3v) is 3.95. The molecule has 0 fully saturated rings. The van der Waals surface area contributed by atoms with Gasteiger partial charge in [-0.15, -0.1) is 11.3 Å². The van der Waals surface area contributed by atoms with Crippen molar-refractivity contribution in [1.29, 1.82) is 0 Å². The van der Waals surface area contributed by atoms with Crippen LogP contribution in [0.5, 0.6) is 0 Å². The second-order valence-corrected chi connectivity index (χ2v) is 5.87. The molecule has 0 aliphatic rings. The first-order chi connectivity index (χ1) is 9.88. The number of carboxylic acid groups (broad SMARTS) is 1. The Kier molecular flexibility index (Phi) is 4.37. The predicted molar refractivity (Wildman–Crippen MR) is 77.6 cm³/mol. The number of amides is 1. The van der Waals surface area contributed by atoms with E-state index in [1.165, 1.54) is 0 Å². The molecule has 0 aromatic carbocycles. The van der Waals surface area contributed by atoms with Crippen LogP contribution < -0.4 is 5.32 Å². The Morgan fingerprint density at radius 1 is 1.48 bits per heavy atom. The number of nitrogens with one attached hydrogen (secondary N) is 1. The topological polar surface area (TPSA) is 97.1 Å². The van der Waals surface area contributed by atoms with Crippen LogP contribution in [0.2, 0.25) is 0 Å². The molecule has 2 heterocycles. The van der Waals surface area contributed by atoms with Gasteiger partial charge in [-0.3, -0.25) is 9.48 Å². The fourth-order valence-electron chi connectivity index (χ4n) is 1.72. The van der Waals surface area contributed by atoms with Crippen LogP contribution in [0.25, 0.3) is 0 Å². The molecule has 2 N–H and O–H groups in total. The number of rotatable bonds is 5. The van der Waals surface area contributed by atoms with Crippen molar-refractivity contribution < 1.29 is 14.7 Å². The average Bonchev–Trinajstić information content (AvgIpc) is 3.02. The van der Waals surface area contributed by atoms with Gasteiger partial charge in [0.25, 0.3) is 5.91 Å². The highest BCUT2D eigenvalue weighted by Crippen LogP contribution is 2.17. The predicted octanol–water partition coefficient (Wildman–Crippen LogP) is 1.86. The summed E-state index contributed by atoms with van der Waals surface area (Å²) < 4.78 is 1.70. The first-order valence-electron chi connectivity index (χ1n) is 6.41. The van der Waals surface area contributed by atoms with Gasteiger partial charge in [-0.2, -0.15) is 5.10 Å². The molecule has 0 bridgehead atoms. The van der Waals surface area contributed by atoms with Crippen molar-refractivity contribution in [3.63, 3.8) is 0 Å². The molecule has 7 nitrogen and oxygen atoms in total. The lowest BCUT2D eigenvalue weighted by Gasteiger charge is -2.04. The van der Waals surface area contributed by atoms with Crippen LogP contribution in [0.3, 0.4) is 0 Å². The number of hydrogen-bond donors (Lipinski definition) is 2. The number of thiazole rings is 1. The third kappa shape index (κ3) is 3.46. The standard InChI is InChI=1S/C13H16N4O3S/c1-7(2)17-5-4-9(16-17)12(18)14-6-10-15-8(3)11(21-10)13(19)20/h4-5,7H,6H2,1-3H3,(H,14,18)(H,19,20). The normalized spacial score (nSPS) is 10.9.